The Morgan fingerprint density at radius 2 is 2.00 bits per heavy atom. The molecule has 2 aromatic heterocycles. The molecule has 2 aromatic rings. The van der Waals surface area contributed by atoms with Gasteiger partial charge < -0.3 is 5.32 Å². The van der Waals surface area contributed by atoms with Gasteiger partial charge in [0.1, 0.15) is 5.82 Å². The maximum absolute atomic E-state index is 12.7. The second-order valence-electron chi connectivity index (χ2n) is 4.49. The number of aromatic nitrogens is 4. The van der Waals surface area contributed by atoms with E-state index in [1.165, 1.54) is 6.07 Å². The van der Waals surface area contributed by atoms with E-state index in [0.717, 1.165) is 29.5 Å². The van der Waals surface area contributed by atoms with Crippen LogP contribution in [0.5, 0.6) is 0 Å². The zero-order valence-electron chi connectivity index (χ0n) is 11.5. The van der Waals surface area contributed by atoms with E-state index in [9.17, 15) is 13.2 Å². The molecule has 0 unspecified atom stereocenters. The van der Waals surface area contributed by atoms with Crippen molar-refractivity contribution in [2.24, 2.45) is 0 Å². The van der Waals surface area contributed by atoms with E-state index in [1.807, 2.05) is 0 Å². The predicted molar refractivity (Wildman–Crippen MR) is 76.5 cm³/mol. The maximum Gasteiger partial charge on any atom is 0.453 e. The van der Waals surface area contributed by atoms with Crippen molar-refractivity contribution in [3.8, 4) is 0 Å². The zero-order valence-corrected chi connectivity index (χ0v) is 12.3. The Bertz CT molecular complexity index is 584. The van der Waals surface area contributed by atoms with Crippen LogP contribution in [0.4, 0.5) is 19.0 Å². The molecule has 0 aliphatic carbocycles. The molecule has 1 N–H and O–H groups in total. The van der Waals surface area contributed by atoms with Gasteiger partial charge in [0, 0.05) is 6.54 Å². The van der Waals surface area contributed by atoms with E-state index in [4.69, 9.17) is 0 Å². The van der Waals surface area contributed by atoms with Crippen LogP contribution in [0.1, 0.15) is 25.1 Å². The molecule has 0 atom stereocenters. The smallest absolute Gasteiger partial charge is 0.369 e. The first kappa shape index (κ1) is 15.9. The molecule has 0 spiro atoms. The van der Waals surface area contributed by atoms with Crippen LogP contribution < -0.4 is 5.32 Å². The molecule has 0 amide bonds. The molecule has 2 rings (SSSR count). The molecule has 0 fully saturated rings. The van der Waals surface area contributed by atoms with Crippen molar-refractivity contribution in [3.05, 3.63) is 18.0 Å². The first-order chi connectivity index (χ1) is 10.0. The number of alkyl halides is 3. The van der Waals surface area contributed by atoms with Crippen LogP contribution in [0.15, 0.2) is 12.1 Å². The fourth-order valence-electron chi connectivity index (χ4n) is 1.82. The fraction of sp³-hybridized carbons (Fsp3) is 0.583. The van der Waals surface area contributed by atoms with E-state index < -0.39 is 12.0 Å². The first-order valence-corrected chi connectivity index (χ1v) is 7.94. The Hall–Kier alpha value is -1.51. The monoisotopic (exact) mass is 319 g/mol. The van der Waals surface area contributed by atoms with Gasteiger partial charge in [-0.2, -0.15) is 29.4 Å². The lowest BCUT2D eigenvalue weighted by atomic mass is 10.2. The Labute approximate surface area is 124 Å². The summed E-state index contributed by atoms with van der Waals surface area (Å²) in [6.07, 6.45) is 0.668. The molecular weight excluding hydrogens is 303 g/mol. The highest BCUT2D eigenvalue weighted by Crippen LogP contribution is 2.27. The van der Waals surface area contributed by atoms with Gasteiger partial charge in [-0.25, -0.2) is 0 Å². The van der Waals surface area contributed by atoms with Crippen LogP contribution in [0.2, 0.25) is 0 Å². The lowest BCUT2D eigenvalue weighted by molar-refractivity contribution is -0.146. The van der Waals surface area contributed by atoms with Crippen LogP contribution in [0.25, 0.3) is 5.65 Å². The Morgan fingerprint density at radius 1 is 1.19 bits per heavy atom. The van der Waals surface area contributed by atoms with Gasteiger partial charge in [-0.3, -0.25) is 0 Å². The number of halogens is 3. The highest BCUT2D eigenvalue weighted by molar-refractivity contribution is 7.98. The lowest BCUT2D eigenvalue weighted by Crippen LogP contribution is -2.13. The van der Waals surface area contributed by atoms with Crippen LogP contribution in [-0.2, 0) is 6.18 Å². The molecule has 0 aromatic carbocycles. The summed E-state index contributed by atoms with van der Waals surface area (Å²) in [4.78, 5) is 0. The molecular formula is C12H16F3N5S. The second kappa shape index (κ2) is 6.97. The quantitative estimate of drug-likeness (QED) is 0.795. The van der Waals surface area contributed by atoms with Crippen molar-refractivity contribution in [1.82, 2.24) is 19.8 Å². The van der Waals surface area contributed by atoms with Gasteiger partial charge in [0.15, 0.2) is 5.65 Å². The summed E-state index contributed by atoms with van der Waals surface area (Å²) in [7, 11) is 0. The van der Waals surface area contributed by atoms with Crippen molar-refractivity contribution in [1.29, 1.82) is 0 Å². The van der Waals surface area contributed by atoms with E-state index in [1.54, 1.807) is 17.8 Å². The molecule has 21 heavy (non-hydrogen) atoms. The molecule has 0 bridgehead atoms. The van der Waals surface area contributed by atoms with Gasteiger partial charge in [-0.1, -0.05) is 6.42 Å². The highest BCUT2D eigenvalue weighted by atomic mass is 32.2. The SMILES string of the molecule is CSCCCCCNc1ccc2nnc(C(F)(F)F)n2n1. The summed E-state index contributed by atoms with van der Waals surface area (Å²) in [6, 6.07) is 3.07. The summed E-state index contributed by atoms with van der Waals surface area (Å²) >= 11 is 1.81. The Kier molecular flexibility index (Phi) is 5.27. The van der Waals surface area contributed by atoms with E-state index in [2.05, 4.69) is 26.9 Å². The topological polar surface area (TPSA) is 55.1 Å². The lowest BCUT2D eigenvalue weighted by Gasteiger charge is -2.07. The summed E-state index contributed by atoms with van der Waals surface area (Å²) < 4.78 is 38.9. The van der Waals surface area contributed by atoms with Crippen molar-refractivity contribution in [3.63, 3.8) is 0 Å². The number of nitrogens with one attached hydrogen (secondary N) is 1. The highest BCUT2D eigenvalue weighted by Gasteiger charge is 2.37. The average Bonchev–Trinajstić information content (AvgIpc) is 2.85. The Balaban J connectivity index is 1.98. The molecule has 2 heterocycles. The maximum atomic E-state index is 12.7. The standard InChI is InChI=1S/C12H16F3N5S/c1-21-8-4-2-3-7-16-9-5-6-10-17-18-11(12(13,14)15)20(10)19-9/h5-6H,2-4,7-8H2,1H3,(H,16,19). The largest absolute Gasteiger partial charge is 0.453 e. The number of rotatable bonds is 7. The number of anilines is 1. The number of hydrogen-bond donors (Lipinski definition) is 1. The van der Waals surface area contributed by atoms with Crippen molar-refractivity contribution in [2.75, 3.05) is 23.9 Å². The number of hydrogen-bond acceptors (Lipinski definition) is 5. The number of unbranched alkanes of at least 4 members (excludes halogenated alkanes) is 2. The predicted octanol–water partition coefficient (Wildman–Crippen LogP) is 3.09. The number of thioether (sulfide) groups is 1. The van der Waals surface area contributed by atoms with Gasteiger partial charge in [-0.05, 0) is 37.0 Å². The third kappa shape index (κ3) is 4.23. The van der Waals surface area contributed by atoms with E-state index in [0.29, 0.717) is 12.4 Å². The van der Waals surface area contributed by atoms with Gasteiger partial charge in [0.05, 0.1) is 0 Å². The average molecular weight is 319 g/mol. The molecule has 116 valence electrons. The van der Waals surface area contributed by atoms with Crippen LogP contribution in [-0.4, -0.2) is 38.4 Å². The van der Waals surface area contributed by atoms with E-state index in [-0.39, 0.29) is 5.65 Å². The third-order valence-corrected chi connectivity index (χ3v) is 3.54. The summed E-state index contributed by atoms with van der Waals surface area (Å²) in [5.74, 6) is 0.402. The molecule has 0 saturated heterocycles. The van der Waals surface area contributed by atoms with Crippen molar-refractivity contribution >= 4 is 23.2 Å². The fourth-order valence-corrected chi connectivity index (χ4v) is 2.32. The number of fused-ring (bicyclic) bond motifs is 1. The van der Waals surface area contributed by atoms with Gasteiger partial charge in [0.25, 0.3) is 5.82 Å². The van der Waals surface area contributed by atoms with Gasteiger partial charge in [-0.15, -0.1) is 15.3 Å². The minimum absolute atomic E-state index is 0.0767. The molecule has 9 heteroatoms. The third-order valence-electron chi connectivity index (χ3n) is 2.85. The minimum atomic E-state index is -4.57. The van der Waals surface area contributed by atoms with Crippen LogP contribution in [0.3, 0.4) is 0 Å². The van der Waals surface area contributed by atoms with Crippen LogP contribution >= 0.6 is 11.8 Å². The molecule has 0 saturated carbocycles. The minimum Gasteiger partial charge on any atom is -0.369 e. The first-order valence-electron chi connectivity index (χ1n) is 6.55. The van der Waals surface area contributed by atoms with Gasteiger partial charge in [0.2, 0.25) is 0 Å². The zero-order chi connectivity index (χ0) is 15.3. The van der Waals surface area contributed by atoms with Crippen molar-refractivity contribution in [2.45, 2.75) is 25.4 Å². The normalized spacial score (nSPS) is 12.0. The molecule has 5 nitrogen and oxygen atoms in total. The molecule has 0 aliphatic heterocycles. The summed E-state index contributed by atoms with van der Waals surface area (Å²) in [5, 5.41) is 13.5. The number of nitrogens with zero attached hydrogens (tertiary/aromatic N) is 4. The van der Waals surface area contributed by atoms with Crippen LogP contribution in [0, 0.1) is 0 Å². The molecule has 0 radical (unpaired) electrons. The Morgan fingerprint density at radius 3 is 2.71 bits per heavy atom. The second-order valence-corrected chi connectivity index (χ2v) is 5.48. The van der Waals surface area contributed by atoms with E-state index >= 15 is 0 Å². The molecule has 0 aliphatic rings. The van der Waals surface area contributed by atoms with Crippen molar-refractivity contribution < 1.29 is 13.2 Å². The summed E-state index contributed by atoms with van der Waals surface area (Å²) in [5.41, 5.74) is 0.0767. The van der Waals surface area contributed by atoms with Gasteiger partial charge >= 0.3 is 6.18 Å². The summed E-state index contributed by atoms with van der Waals surface area (Å²) in [6.45, 7) is 0.677.